The van der Waals surface area contributed by atoms with E-state index in [9.17, 15) is 4.79 Å². The molecule has 0 amide bonds. The number of carbonyl (C=O) groups is 1. The summed E-state index contributed by atoms with van der Waals surface area (Å²) in [4.78, 5) is 11.4. The number of hydrogen-bond acceptors (Lipinski definition) is 3. The molecule has 0 fully saturated rings. The Labute approximate surface area is 115 Å². The zero-order valence-electron chi connectivity index (χ0n) is 12.3. The highest BCUT2D eigenvalue weighted by molar-refractivity contribution is 7.10. The van der Waals surface area contributed by atoms with Crippen LogP contribution in [0.2, 0.25) is 0 Å². The van der Waals surface area contributed by atoms with Crippen LogP contribution < -0.4 is 5.32 Å². The molecule has 0 heterocycles. The maximum atomic E-state index is 11.4. The van der Waals surface area contributed by atoms with Crippen molar-refractivity contribution >= 4 is 15.4 Å². The number of unbranched alkanes of at least 4 members (excludes halogenated alkanes) is 4. The molecule has 0 bridgehead atoms. The zero-order valence-corrected chi connectivity index (χ0v) is 13.4. The number of nitrogens with one attached hydrogen (secondary N) is 1. The van der Waals surface area contributed by atoms with E-state index in [1.54, 1.807) is 0 Å². The van der Waals surface area contributed by atoms with Gasteiger partial charge in [-0.15, -0.1) is 0 Å². The second-order valence-electron chi connectivity index (χ2n) is 5.56. The molecule has 0 saturated carbocycles. The highest BCUT2D eigenvalue weighted by Crippen LogP contribution is 2.26. The van der Waals surface area contributed by atoms with E-state index in [2.05, 4.69) is 12.2 Å². The van der Waals surface area contributed by atoms with Crippen molar-refractivity contribution < 1.29 is 9.32 Å². The molecule has 1 unspecified atom stereocenters. The van der Waals surface area contributed by atoms with Gasteiger partial charge in [-0.05, 0) is 46.2 Å². The van der Waals surface area contributed by atoms with Gasteiger partial charge in [-0.2, -0.15) is 0 Å². The number of carbonyl (C=O) groups excluding carboxylic acids is 1. The van der Waals surface area contributed by atoms with Gasteiger partial charge < -0.3 is 9.84 Å². The molecule has 18 heavy (non-hydrogen) atoms. The van der Waals surface area contributed by atoms with E-state index in [0.717, 1.165) is 25.9 Å². The quantitative estimate of drug-likeness (QED) is 0.461. The van der Waals surface area contributed by atoms with E-state index in [4.69, 9.17) is 4.52 Å². The van der Waals surface area contributed by atoms with Gasteiger partial charge in [-0.3, -0.25) is 4.79 Å². The first kappa shape index (κ1) is 17.9. The molecule has 108 valence electrons. The van der Waals surface area contributed by atoms with Gasteiger partial charge in [-0.25, -0.2) is 0 Å². The van der Waals surface area contributed by atoms with Crippen molar-refractivity contribution in [3.8, 4) is 0 Å². The van der Waals surface area contributed by atoms with Crippen molar-refractivity contribution in [3.63, 3.8) is 0 Å². The predicted octanol–water partition coefficient (Wildman–Crippen LogP) is 3.69. The van der Waals surface area contributed by atoms with Gasteiger partial charge in [0.2, 0.25) is 0 Å². The van der Waals surface area contributed by atoms with Crippen molar-refractivity contribution in [1.29, 1.82) is 0 Å². The van der Waals surface area contributed by atoms with Crippen LogP contribution in [0.15, 0.2) is 0 Å². The average Bonchev–Trinajstić information content (AvgIpc) is 2.35. The van der Waals surface area contributed by atoms with Gasteiger partial charge in [-0.1, -0.05) is 32.6 Å². The van der Waals surface area contributed by atoms with E-state index < -0.39 is 0 Å². The molecule has 1 N–H and O–H groups in total. The third-order valence-corrected chi connectivity index (χ3v) is 3.49. The summed E-state index contributed by atoms with van der Waals surface area (Å²) < 4.78 is 4.71. The highest BCUT2D eigenvalue weighted by Gasteiger charge is 2.27. The van der Waals surface area contributed by atoms with Gasteiger partial charge in [0.1, 0.15) is 0 Å². The standard InChI is InChI=1S/C14H30NO2P/c1-4-5-8-11-15-12-9-6-7-10-14(2,3)13(16)17-18/h15H,4-12,18H2,1-3H3. The first-order valence-corrected chi connectivity index (χ1v) is 7.63. The molecule has 0 aliphatic heterocycles. The summed E-state index contributed by atoms with van der Waals surface area (Å²) in [6.07, 6.45) is 8.23. The topological polar surface area (TPSA) is 38.3 Å². The van der Waals surface area contributed by atoms with Crippen molar-refractivity contribution in [2.45, 2.75) is 65.7 Å². The molecule has 0 aromatic rings. The summed E-state index contributed by atoms with van der Waals surface area (Å²) >= 11 is 0. The van der Waals surface area contributed by atoms with Crippen LogP contribution in [0.5, 0.6) is 0 Å². The van der Waals surface area contributed by atoms with Crippen LogP contribution in [0.3, 0.4) is 0 Å². The molecule has 4 heteroatoms. The van der Waals surface area contributed by atoms with E-state index >= 15 is 0 Å². The predicted molar refractivity (Wildman–Crippen MR) is 80.4 cm³/mol. The van der Waals surface area contributed by atoms with Crippen LogP contribution in [0.4, 0.5) is 0 Å². The molecule has 0 aromatic heterocycles. The Morgan fingerprint density at radius 2 is 1.72 bits per heavy atom. The largest absolute Gasteiger partial charge is 0.451 e. The van der Waals surface area contributed by atoms with Crippen LogP contribution in [0.25, 0.3) is 0 Å². The molecule has 0 aromatic carbocycles. The SMILES string of the molecule is CCCCCNCCCCCC(C)(C)C(=O)OP. The molecule has 0 radical (unpaired) electrons. The van der Waals surface area contributed by atoms with Crippen molar-refractivity contribution in [2.24, 2.45) is 5.41 Å². The second-order valence-corrected chi connectivity index (χ2v) is 5.79. The number of rotatable bonds is 11. The zero-order chi connectivity index (χ0) is 13.9. The Kier molecular flexibility index (Phi) is 10.7. The summed E-state index contributed by atoms with van der Waals surface area (Å²) in [5.41, 5.74) is -0.351. The van der Waals surface area contributed by atoms with Crippen LogP contribution >= 0.6 is 9.47 Å². The van der Waals surface area contributed by atoms with Crippen molar-refractivity contribution in [1.82, 2.24) is 5.32 Å². The van der Waals surface area contributed by atoms with Crippen LogP contribution in [-0.2, 0) is 9.32 Å². The molecular weight excluding hydrogens is 245 g/mol. The first-order chi connectivity index (χ1) is 8.54. The second kappa shape index (κ2) is 10.8. The van der Waals surface area contributed by atoms with Crippen molar-refractivity contribution in [3.05, 3.63) is 0 Å². The maximum Gasteiger partial charge on any atom is 0.313 e. The number of hydrogen-bond donors (Lipinski definition) is 1. The van der Waals surface area contributed by atoms with Crippen LogP contribution in [-0.4, -0.2) is 19.1 Å². The average molecular weight is 275 g/mol. The monoisotopic (exact) mass is 275 g/mol. The normalized spacial score (nSPS) is 11.6. The minimum Gasteiger partial charge on any atom is -0.451 e. The van der Waals surface area contributed by atoms with E-state index in [0.29, 0.717) is 0 Å². The Morgan fingerprint density at radius 1 is 1.11 bits per heavy atom. The van der Waals surface area contributed by atoms with Crippen LogP contribution in [0, 0.1) is 5.41 Å². The Balaban J connectivity index is 3.37. The Hall–Kier alpha value is -0.140. The van der Waals surface area contributed by atoms with E-state index in [1.807, 2.05) is 23.3 Å². The van der Waals surface area contributed by atoms with E-state index in [-0.39, 0.29) is 11.4 Å². The molecule has 0 rings (SSSR count). The third-order valence-electron chi connectivity index (χ3n) is 3.27. The smallest absolute Gasteiger partial charge is 0.313 e. The van der Waals surface area contributed by atoms with Gasteiger partial charge in [0.15, 0.2) is 0 Å². The third kappa shape index (κ3) is 8.88. The van der Waals surface area contributed by atoms with Crippen LogP contribution in [0.1, 0.15) is 65.7 Å². The summed E-state index contributed by atoms with van der Waals surface area (Å²) in [6.45, 7) is 8.35. The highest BCUT2D eigenvalue weighted by atomic mass is 31.0. The maximum absolute atomic E-state index is 11.4. The molecule has 0 aliphatic carbocycles. The lowest BCUT2D eigenvalue weighted by molar-refractivity contribution is -0.143. The Morgan fingerprint density at radius 3 is 2.28 bits per heavy atom. The minimum absolute atomic E-state index is 0.134. The molecule has 0 aliphatic rings. The lowest BCUT2D eigenvalue weighted by Crippen LogP contribution is -2.24. The lowest BCUT2D eigenvalue weighted by atomic mass is 9.87. The fourth-order valence-corrected chi connectivity index (χ4v) is 2.20. The molecule has 1 atom stereocenters. The summed E-state index contributed by atoms with van der Waals surface area (Å²) in [6, 6.07) is 0. The summed E-state index contributed by atoms with van der Waals surface area (Å²) in [5, 5.41) is 3.46. The van der Waals surface area contributed by atoms with Crippen molar-refractivity contribution in [2.75, 3.05) is 13.1 Å². The summed E-state index contributed by atoms with van der Waals surface area (Å²) in [7, 11) is 2.04. The van der Waals surface area contributed by atoms with Gasteiger partial charge >= 0.3 is 5.97 Å². The van der Waals surface area contributed by atoms with Gasteiger partial charge in [0.05, 0.1) is 14.9 Å². The molecular formula is C14H30NO2P. The molecule has 0 saturated heterocycles. The van der Waals surface area contributed by atoms with Gasteiger partial charge in [0, 0.05) is 0 Å². The Bertz CT molecular complexity index is 220. The fourth-order valence-electron chi connectivity index (χ4n) is 1.88. The molecule has 3 nitrogen and oxygen atoms in total. The molecule has 0 spiro atoms. The summed E-state index contributed by atoms with van der Waals surface area (Å²) in [5.74, 6) is -0.134. The first-order valence-electron chi connectivity index (χ1n) is 7.16. The minimum atomic E-state index is -0.351. The van der Waals surface area contributed by atoms with Gasteiger partial charge in [0.25, 0.3) is 0 Å². The fraction of sp³-hybridized carbons (Fsp3) is 0.929. The van der Waals surface area contributed by atoms with E-state index in [1.165, 1.54) is 32.1 Å². The lowest BCUT2D eigenvalue weighted by Gasteiger charge is -2.20.